The Morgan fingerprint density at radius 1 is 1.06 bits per heavy atom. The van der Waals surface area contributed by atoms with Crippen LogP contribution in [0.15, 0.2) is 59.0 Å². The van der Waals surface area contributed by atoms with Gasteiger partial charge in [-0.2, -0.15) is 0 Å². The Morgan fingerprint density at radius 2 is 1.81 bits per heavy atom. The number of piperazine rings is 1. The molecule has 0 bridgehead atoms. The largest absolute Gasteiger partial charge is 0.508 e. The van der Waals surface area contributed by atoms with Gasteiger partial charge in [-0.25, -0.2) is 0 Å². The molecule has 1 aliphatic rings. The highest BCUT2D eigenvalue weighted by Crippen LogP contribution is 2.39. The smallest absolute Gasteiger partial charge is 0.247 e. The SMILES string of the molecule is CCSC(c1nnc(-c2ccc(C=CCN3CCN(C)CC3)cc2)o1)c1ccccc1O. The van der Waals surface area contributed by atoms with Gasteiger partial charge in [-0.15, -0.1) is 22.0 Å². The van der Waals surface area contributed by atoms with Crippen molar-refractivity contribution < 1.29 is 9.52 Å². The molecule has 168 valence electrons. The first-order valence-electron chi connectivity index (χ1n) is 11.0. The van der Waals surface area contributed by atoms with Crippen molar-refractivity contribution in [2.45, 2.75) is 12.2 Å². The summed E-state index contributed by atoms with van der Waals surface area (Å²) < 4.78 is 6.02. The van der Waals surface area contributed by atoms with E-state index in [0.717, 1.165) is 55.2 Å². The molecule has 1 aromatic heterocycles. The monoisotopic (exact) mass is 450 g/mol. The molecule has 0 aliphatic carbocycles. The van der Waals surface area contributed by atoms with E-state index in [0.29, 0.717) is 11.8 Å². The lowest BCUT2D eigenvalue weighted by molar-refractivity contribution is 0.167. The van der Waals surface area contributed by atoms with Crippen molar-refractivity contribution in [3.63, 3.8) is 0 Å². The van der Waals surface area contributed by atoms with Gasteiger partial charge in [-0.3, -0.25) is 4.90 Å². The van der Waals surface area contributed by atoms with Gasteiger partial charge in [0, 0.05) is 43.9 Å². The van der Waals surface area contributed by atoms with Gasteiger partial charge in [0.25, 0.3) is 0 Å². The summed E-state index contributed by atoms with van der Waals surface area (Å²) in [4.78, 5) is 4.84. The van der Waals surface area contributed by atoms with E-state index in [1.165, 1.54) is 0 Å². The molecule has 4 rings (SSSR count). The molecular weight excluding hydrogens is 420 g/mol. The van der Waals surface area contributed by atoms with Gasteiger partial charge in [0.2, 0.25) is 11.8 Å². The maximum absolute atomic E-state index is 10.3. The van der Waals surface area contributed by atoms with Crippen molar-refractivity contribution in [1.82, 2.24) is 20.0 Å². The molecule has 1 fully saturated rings. The van der Waals surface area contributed by atoms with Crippen LogP contribution in [-0.4, -0.2) is 70.6 Å². The quantitative estimate of drug-likeness (QED) is 0.540. The first kappa shape index (κ1) is 22.6. The highest BCUT2D eigenvalue weighted by Gasteiger charge is 2.23. The predicted molar refractivity (Wildman–Crippen MR) is 131 cm³/mol. The second kappa shape index (κ2) is 10.8. The lowest BCUT2D eigenvalue weighted by Gasteiger charge is -2.31. The van der Waals surface area contributed by atoms with Crippen LogP contribution in [-0.2, 0) is 0 Å². The van der Waals surface area contributed by atoms with Crippen LogP contribution >= 0.6 is 11.8 Å². The van der Waals surface area contributed by atoms with Crippen molar-refractivity contribution in [3.8, 4) is 17.2 Å². The van der Waals surface area contributed by atoms with Gasteiger partial charge in [-0.1, -0.05) is 49.4 Å². The van der Waals surface area contributed by atoms with Crippen LogP contribution in [0.3, 0.4) is 0 Å². The summed E-state index contributed by atoms with van der Waals surface area (Å²) in [6, 6.07) is 15.5. The predicted octanol–water partition coefficient (Wildman–Crippen LogP) is 4.55. The molecule has 1 aliphatic heterocycles. The fraction of sp³-hybridized carbons (Fsp3) is 0.360. The number of aromatic hydroxyl groups is 1. The van der Waals surface area contributed by atoms with Crippen molar-refractivity contribution in [3.05, 3.63) is 71.6 Å². The van der Waals surface area contributed by atoms with E-state index in [9.17, 15) is 5.11 Å². The Bertz CT molecular complexity index is 1030. The zero-order valence-corrected chi connectivity index (χ0v) is 19.5. The van der Waals surface area contributed by atoms with E-state index < -0.39 is 0 Å². The summed E-state index contributed by atoms with van der Waals surface area (Å²) in [5.74, 6) is 2.10. The Hall–Kier alpha value is -2.61. The lowest BCUT2D eigenvalue weighted by atomic mass is 10.1. The molecule has 1 unspecified atom stereocenters. The number of phenols is 1. The number of phenolic OH excluding ortho intramolecular Hbond substituents is 1. The molecule has 0 spiro atoms. The summed E-state index contributed by atoms with van der Waals surface area (Å²) in [6.45, 7) is 7.57. The average Bonchev–Trinajstić information content (AvgIpc) is 3.30. The molecule has 7 heteroatoms. The van der Waals surface area contributed by atoms with Gasteiger partial charge in [-0.05, 0) is 36.6 Å². The summed E-state index contributed by atoms with van der Waals surface area (Å²) >= 11 is 1.66. The molecule has 1 saturated heterocycles. The highest BCUT2D eigenvalue weighted by atomic mass is 32.2. The molecule has 0 saturated carbocycles. The molecule has 1 atom stereocenters. The Morgan fingerprint density at radius 3 is 2.53 bits per heavy atom. The first-order valence-corrected chi connectivity index (χ1v) is 12.1. The second-order valence-corrected chi connectivity index (χ2v) is 9.35. The number of hydrogen-bond donors (Lipinski definition) is 1. The van der Waals surface area contributed by atoms with Gasteiger partial charge < -0.3 is 14.4 Å². The fourth-order valence-corrected chi connectivity index (χ4v) is 4.68. The van der Waals surface area contributed by atoms with Gasteiger partial charge in [0.05, 0.1) is 0 Å². The number of likely N-dealkylation sites (N-methyl/N-ethyl adjacent to an activating group) is 1. The zero-order valence-electron chi connectivity index (χ0n) is 18.6. The van der Waals surface area contributed by atoms with Gasteiger partial charge >= 0.3 is 0 Å². The first-order chi connectivity index (χ1) is 15.6. The topological polar surface area (TPSA) is 65.6 Å². The highest BCUT2D eigenvalue weighted by molar-refractivity contribution is 7.99. The fourth-order valence-electron chi connectivity index (χ4n) is 3.73. The number of thioether (sulfide) groups is 1. The summed E-state index contributed by atoms with van der Waals surface area (Å²) in [6.07, 6.45) is 4.39. The van der Waals surface area contributed by atoms with E-state index in [-0.39, 0.29) is 11.0 Å². The molecular formula is C25H30N4O2S. The molecule has 3 aromatic rings. The van der Waals surface area contributed by atoms with Crippen LogP contribution in [0.1, 0.15) is 29.2 Å². The third-order valence-corrected chi connectivity index (χ3v) is 6.77. The standard InChI is InChI=1S/C25H30N4O2S/c1-3-32-23(21-8-4-5-9-22(21)30)25-27-26-24(31-25)20-12-10-19(11-13-20)7-6-14-29-17-15-28(2)16-18-29/h4-13,23,30H,3,14-18H2,1-2H3. The minimum Gasteiger partial charge on any atom is -0.508 e. The molecule has 32 heavy (non-hydrogen) atoms. The van der Waals surface area contributed by atoms with Crippen molar-refractivity contribution in [1.29, 1.82) is 0 Å². The number of para-hydroxylation sites is 1. The molecule has 2 aromatic carbocycles. The Balaban J connectivity index is 1.42. The van der Waals surface area contributed by atoms with Gasteiger partial charge in [0.15, 0.2) is 0 Å². The molecule has 1 N–H and O–H groups in total. The number of rotatable bonds is 8. The van der Waals surface area contributed by atoms with Gasteiger partial charge in [0.1, 0.15) is 11.0 Å². The zero-order chi connectivity index (χ0) is 22.3. The van der Waals surface area contributed by atoms with Crippen molar-refractivity contribution >= 4 is 17.8 Å². The minimum atomic E-state index is -0.195. The number of hydrogen-bond acceptors (Lipinski definition) is 7. The normalized spacial score (nSPS) is 16.6. The van der Waals surface area contributed by atoms with Crippen LogP contribution in [0.4, 0.5) is 0 Å². The van der Waals surface area contributed by atoms with Crippen LogP contribution in [0, 0.1) is 0 Å². The maximum atomic E-state index is 10.3. The van der Waals surface area contributed by atoms with Crippen LogP contribution in [0.2, 0.25) is 0 Å². The second-order valence-electron chi connectivity index (χ2n) is 7.97. The Kier molecular flexibility index (Phi) is 7.63. The third-order valence-electron chi connectivity index (χ3n) is 5.64. The van der Waals surface area contributed by atoms with E-state index in [2.05, 4.69) is 58.3 Å². The van der Waals surface area contributed by atoms with E-state index in [1.807, 2.05) is 30.3 Å². The molecule has 2 heterocycles. The number of benzene rings is 2. The molecule has 0 amide bonds. The van der Waals surface area contributed by atoms with E-state index >= 15 is 0 Å². The van der Waals surface area contributed by atoms with Crippen molar-refractivity contribution in [2.75, 3.05) is 45.5 Å². The van der Waals surface area contributed by atoms with Crippen LogP contribution < -0.4 is 0 Å². The lowest BCUT2D eigenvalue weighted by Crippen LogP contribution is -2.44. The third kappa shape index (κ3) is 5.59. The number of aromatic nitrogens is 2. The molecule has 6 nitrogen and oxygen atoms in total. The maximum Gasteiger partial charge on any atom is 0.247 e. The summed E-state index contributed by atoms with van der Waals surface area (Å²) in [5.41, 5.74) is 2.82. The Labute approximate surface area is 194 Å². The van der Waals surface area contributed by atoms with E-state index in [1.54, 1.807) is 17.8 Å². The summed E-state index contributed by atoms with van der Waals surface area (Å²) in [7, 11) is 2.18. The van der Waals surface area contributed by atoms with Crippen molar-refractivity contribution in [2.24, 2.45) is 0 Å². The van der Waals surface area contributed by atoms with Crippen LogP contribution in [0.5, 0.6) is 5.75 Å². The molecule has 0 radical (unpaired) electrons. The number of nitrogens with zero attached hydrogens (tertiary/aromatic N) is 4. The van der Waals surface area contributed by atoms with Crippen LogP contribution in [0.25, 0.3) is 17.5 Å². The van der Waals surface area contributed by atoms with E-state index in [4.69, 9.17) is 4.42 Å². The summed E-state index contributed by atoms with van der Waals surface area (Å²) in [5, 5.41) is 18.6. The minimum absolute atomic E-state index is 0.195. The average molecular weight is 451 g/mol.